The first-order chi connectivity index (χ1) is 19.0. The quantitative estimate of drug-likeness (QED) is 0.183. The van der Waals surface area contributed by atoms with Crippen LogP contribution in [0.1, 0.15) is 44.1 Å². The minimum atomic E-state index is -0.374. The maximum absolute atomic E-state index is 11.8. The van der Waals surface area contributed by atoms with Crippen molar-refractivity contribution in [1.29, 1.82) is 0 Å². The molecule has 0 aliphatic carbocycles. The molecule has 204 valence electrons. The van der Waals surface area contributed by atoms with Gasteiger partial charge in [0.05, 0.1) is 16.0 Å². The van der Waals surface area contributed by atoms with Gasteiger partial charge in [-0.2, -0.15) is 20.1 Å². The Kier molecular flexibility index (Phi) is 8.77. The van der Waals surface area contributed by atoms with E-state index in [0.29, 0.717) is 33.3 Å². The Hall–Kier alpha value is -3.44. The van der Waals surface area contributed by atoms with Crippen molar-refractivity contribution in [2.24, 2.45) is 5.10 Å². The number of piperidine rings is 2. The molecule has 2 saturated heterocycles. The van der Waals surface area contributed by atoms with Gasteiger partial charge in [0, 0.05) is 54.8 Å². The lowest BCUT2D eigenvalue weighted by Gasteiger charge is -2.30. The fraction of sp³-hybridized carbons (Fsp3) is 0.407. The topological polar surface area (TPSA) is 104 Å². The number of anilines is 3. The zero-order chi connectivity index (χ0) is 27.2. The highest BCUT2D eigenvalue weighted by Gasteiger charge is 2.22. The molecule has 0 N–H and O–H groups in total. The number of aromatic nitrogens is 3. The van der Waals surface area contributed by atoms with Gasteiger partial charge >= 0.3 is 0 Å². The van der Waals surface area contributed by atoms with E-state index in [0.717, 1.165) is 56.8 Å². The number of hydrazone groups is 1. The number of benzene rings is 2. The molecule has 3 heterocycles. The second-order valence-electron chi connectivity index (χ2n) is 9.64. The van der Waals surface area contributed by atoms with Crippen molar-refractivity contribution < 1.29 is 4.92 Å². The number of halogens is 1. The summed E-state index contributed by atoms with van der Waals surface area (Å²) in [6, 6.07) is 12.3. The van der Waals surface area contributed by atoms with Crippen LogP contribution in [0.15, 0.2) is 57.4 Å². The Balaban J connectivity index is 1.38. The van der Waals surface area contributed by atoms with Gasteiger partial charge in [0.25, 0.3) is 11.6 Å². The maximum atomic E-state index is 11.8. The van der Waals surface area contributed by atoms with Crippen LogP contribution in [0.25, 0.3) is 0 Å². The van der Waals surface area contributed by atoms with Gasteiger partial charge in [0.2, 0.25) is 11.9 Å². The summed E-state index contributed by atoms with van der Waals surface area (Å²) < 4.78 is 0. The van der Waals surface area contributed by atoms with Crippen molar-refractivity contribution in [2.75, 3.05) is 48.0 Å². The molecule has 0 amide bonds. The molecule has 2 aromatic carbocycles. The van der Waals surface area contributed by atoms with Crippen LogP contribution in [0.3, 0.4) is 0 Å². The average molecular weight is 567 g/mol. The number of nitro benzene ring substituents is 1. The van der Waals surface area contributed by atoms with Gasteiger partial charge in [0.15, 0.2) is 0 Å². The van der Waals surface area contributed by atoms with Crippen molar-refractivity contribution in [2.45, 2.75) is 48.3 Å². The summed E-state index contributed by atoms with van der Waals surface area (Å²) in [5.41, 5.74) is 0.622. The lowest BCUT2D eigenvalue weighted by Crippen LogP contribution is -2.35. The van der Waals surface area contributed by atoms with Crippen LogP contribution in [-0.2, 0) is 0 Å². The predicted molar refractivity (Wildman–Crippen MR) is 157 cm³/mol. The normalized spacial score (nSPS) is 16.1. The Labute approximate surface area is 237 Å². The highest BCUT2D eigenvalue weighted by Crippen LogP contribution is 2.35. The van der Waals surface area contributed by atoms with Gasteiger partial charge in [-0.3, -0.25) is 10.1 Å². The number of nitrogens with zero attached hydrogens (tertiary/aromatic N) is 8. The molecular formula is C27H31ClN8O2S. The Morgan fingerprint density at radius 1 is 0.923 bits per heavy atom. The van der Waals surface area contributed by atoms with E-state index in [2.05, 4.69) is 14.9 Å². The summed E-state index contributed by atoms with van der Waals surface area (Å²) in [5, 5.41) is 18.6. The number of hydrogen-bond donors (Lipinski definition) is 0. The van der Waals surface area contributed by atoms with E-state index >= 15 is 0 Å². The molecule has 10 nitrogen and oxygen atoms in total. The number of rotatable bonds is 8. The van der Waals surface area contributed by atoms with Gasteiger partial charge < -0.3 is 9.80 Å². The van der Waals surface area contributed by atoms with E-state index in [9.17, 15) is 10.1 Å². The largest absolute Gasteiger partial charge is 0.341 e. The SMILES string of the molecule is CN(/N=C\c1ccc(Sc2ccc(Cl)cc2)c([N+](=O)[O-])c1)c1nc(N2CCCCC2)nc(N2CCCCC2)n1. The van der Waals surface area contributed by atoms with E-state index in [1.165, 1.54) is 30.7 Å². The van der Waals surface area contributed by atoms with Crippen molar-refractivity contribution in [3.63, 3.8) is 0 Å². The predicted octanol–water partition coefficient (Wildman–Crippen LogP) is 6.04. The van der Waals surface area contributed by atoms with Crippen molar-refractivity contribution in [1.82, 2.24) is 15.0 Å². The third-order valence-corrected chi connectivity index (χ3v) is 8.09. The molecule has 2 aliphatic heterocycles. The van der Waals surface area contributed by atoms with Crippen molar-refractivity contribution in [3.05, 3.63) is 63.2 Å². The van der Waals surface area contributed by atoms with Crippen LogP contribution in [-0.4, -0.2) is 59.3 Å². The van der Waals surface area contributed by atoms with Crippen LogP contribution in [0, 0.1) is 10.1 Å². The monoisotopic (exact) mass is 566 g/mol. The third kappa shape index (κ3) is 6.96. The summed E-state index contributed by atoms with van der Waals surface area (Å²) >= 11 is 7.28. The first-order valence-corrected chi connectivity index (χ1v) is 14.4. The molecule has 39 heavy (non-hydrogen) atoms. The summed E-state index contributed by atoms with van der Waals surface area (Å²) in [6.45, 7) is 3.72. The number of hydrogen-bond acceptors (Lipinski definition) is 10. The van der Waals surface area contributed by atoms with Crippen LogP contribution in [0.4, 0.5) is 23.5 Å². The molecule has 3 aromatic rings. The van der Waals surface area contributed by atoms with Gasteiger partial charge in [-0.05, 0) is 68.9 Å². The number of nitro groups is 1. The standard InChI is InChI=1S/C27H31ClN8O2S/c1-33(25-30-26(34-14-4-2-5-15-34)32-27(31-25)35-16-6-3-7-17-35)29-19-20-8-13-24(23(18-20)36(37)38)39-22-11-9-21(28)10-12-22/h8-13,18-19H,2-7,14-17H2,1H3/b29-19-. The van der Waals surface area contributed by atoms with E-state index < -0.39 is 0 Å². The molecule has 0 saturated carbocycles. The summed E-state index contributed by atoms with van der Waals surface area (Å²) in [7, 11) is 1.78. The van der Waals surface area contributed by atoms with E-state index in [1.807, 2.05) is 18.2 Å². The molecule has 0 spiro atoms. The van der Waals surface area contributed by atoms with E-state index in [-0.39, 0.29) is 10.6 Å². The van der Waals surface area contributed by atoms with Crippen LogP contribution in [0.2, 0.25) is 5.02 Å². The van der Waals surface area contributed by atoms with Gasteiger partial charge in [-0.1, -0.05) is 29.4 Å². The zero-order valence-electron chi connectivity index (χ0n) is 21.9. The smallest absolute Gasteiger partial charge is 0.283 e. The molecule has 0 unspecified atom stereocenters. The van der Waals surface area contributed by atoms with Gasteiger partial charge in [0.1, 0.15) is 0 Å². The molecule has 5 rings (SSSR count). The molecule has 0 radical (unpaired) electrons. The minimum Gasteiger partial charge on any atom is -0.341 e. The summed E-state index contributed by atoms with van der Waals surface area (Å²) in [5.74, 6) is 1.81. The van der Waals surface area contributed by atoms with Crippen molar-refractivity contribution >= 4 is 53.1 Å². The molecule has 0 bridgehead atoms. The molecule has 12 heteroatoms. The van der Waals surface area contributed by atoms with Crippen molar-refractivity contribution in [3.8, 4) is 0 Å². The molecule has 2 fully saturated rings. The Bertz CT molecular complexity index is 1290. The first kappa shape index (κ1) is 27.1. The minimum absolute atomic E-state index is 0.0153. The Morgan fingerprint density at radius 3 is 2.08 bits per heavy atom. The lowest BCUT2D eigenvalue weighted by molar-refractivity contribution is -0.387. The second kappa shape index (κ2) is 12.6. The molecule has 2 aliphatic rings. The molecular weight excluding hydrogens is 536 g/mol. The highest BCUT2D eigenvalue weighted by atomic mass is 35.5. The average Bonchev–Trinajstić information content (AvgIpc) is 2.98. The second-order valence-corrected chi connectivity index (χ2v) is 11.2. The van der Waals surface area contributed by atoms with Gasteiger partial charge in [-0.25, -0.2) is 5.01 Å². The van der Waals surface area contributed by atoms with Crippen LogP contribution < -0.4 is 14.8 Å². The zero-order valence-corrected chi connectivity index (χ0v) is 23.4. The first-order valence-electron chi connectivity index (χ1n) is 13.2. The van der Waals surface area contributed by atoms with E-state index in [4.69, 9.17) is 26.6 Å². The highest BCUT2D eigenvalue weighted by molar-refractivity contribution is 7.99. The maximum Gasteiger partial charge on any atom is 0.283 e. The fourth-order valence-corrected chi connectivity index (χ4v) is 5.66. The fourth-order valence-electron chi connectivity index (χ4n) is 4.64. The van der Waals surface area contributed by atoms with Crippen LogP contribution in [0.5, 0.6) is 0 Å². The van der Waals surface area contributed by atoms with Crippen LogP contribution >= 0.6 is 23.4 Å². The summed E-state index contributed by atoms with van der Waals surface area (Å²) in [4.78, 5) is 31.6. The molecule has 1 aromatic heterocycles. The Morgan fingerprint density at radius 2 is 1.51 bits per heavy atom. The van der Waals surface area contributed by atoms with Gasteiger partial charge in [-0.15, -0.1) is 0 Å². The lowest BCUT2D eigenvalue weighted by atomic mass is 10.1. The third-order valence-electron chi connectivity index (χ3n) is 6.77. The molecule has 0 atom stereocenters. The summed E-state index contributed by atoms with van der Waals surface area (Å²) in [6.07, 6.45) is 8.53. The van der Waals surface area contributed by atoms with E-state index in [1.54, 1.807) is 36.5 Å².